The van der Waals surface area contributed by atoms with E-state index >= 15 is 0 Å². The Labute approximate surface area is 177 Å². The first kappa shape index (κ1) is 18.7. The molecule has 0 radical (unpaired) electrons. The first-order chi connectivity index (χ1) is 15.2. The molecule has 0 saturated heterocycles. The monoisotopic (exact) mass is 416 g/mol. The average molecular weight is 416 g/mol. The zero-order valence-electron chi connectivity index (χ0n) is 17.2. The molecule has 0 fully saturated rings. The number of rotatable bonds is 6. The minimum absolute atomic E-state index is 0.468. The van der Waals surface area contributed by atoms with Gasteiger partial charge in [0.05, 0.1) is 27.0 Å². The molecule has 2 N–H and O–H groups in total. The molecule has 9 nitrogen and oxygen atoms in total. The molecule has 0 unspecified atom stereocenters. The highest BCUT2D eigenvalue weighted by atomic mass is 16.5. The summed E-state index contributed by atoms with van der Waals surface area (Å²) >= 11 is 0. The fourth-order valence-electron chi connectivity index (χ4n) is 3.59. The van der Waals surface area contributed by atoms with Crippen LogP contribution >= 0.6 is 0 Å². The fraction of sp³-hybridized carbons (Fsp3) is 0.136. The third-order valence-corrected chi connectivity index (χ3v) is 5.02. The van der Waals surface area contributed by atoms with E-state index in [4.69, 9.17) is 14.2 Å². The quantitative estimate of drug-likeness (QED) is 0.431. The summed E-state index contributed by atoms with van der Waals surface area (Å²) in [6, 6.07) is 13.5. The van der Waals surface area contributed by atoms with E-state index in [9.17, 15) is 0 Å². The van der Waals surface area contributed by atoms with Crippen LogP contribution in [0, 0.1) is 0 Å². The van der Waals surface area contributed by atoms with Gasteiger partial charge in [-0.15, -0.1) is 5.10 Å². The Kier molecular flexibility index (Phi) is 4.55. The molecule has 0 amide bonds. The van der Waals surface area contributed by atoms with Crippen molar-refractivity contribution in [2.45, 2.75) is 0 Å². The number of hydrogen-bond donors (Lipinski definition) is 2. The second-order valence-electron chi connectivity index (χ2n) is 6.76. The van der Waals surface area contributed by atoms with Crippen LogP contribution in [0.2, 0.25) is 0 Å². The van der Waals surface area contributed by atoms with Gasteiger partial charge in [-0.05, 0) is 30.3 Å². The minimum Gasteiger partial charge on any atom is -0.493 e. The average Bonchev–Trinajstić information content (AvgIpc) is 3.44. The van der Waals surface area contributed by atoms with Crippen LogP contribution in [0.5, 0.6) is 17.2 Å². The lowest BCUT2D eigenvalue weighted by Crippen LogP contribution is -2.00. The maximum absolute atomic E-state index is 5.48. The summed E-state index contributed by atoms with van der Waals surface area (Å²) in [6.07, 6.45) is 3.60. The van der Waals surface area contributed by atoms with Gasteiger partial charge in [-0.1, -0.05) is 6.07 Å². The summed E-state index contributed by atoms with van der Waals surface area (Å²) in [4.78, 5) is 12.3. The molecule has 0 bridgehead atoms. The zero-order chi connectivity index (χ0) is 21.4. The summed E-state index contributed by atoms with van der Waals surface area (Å²) in [5.41, 5.74) is 3.36. The predicted octanol–water partition coefficient (Wildman–Crippen LogP) is 4.04. The maximum atomic E-state index is 5.48. The molecule has 2 aromatic carbocycles. The van der Waals surface area contributed by atoms with Crippen molar-refractivity contribution in [1.29, 1.82) is 0 Å². The van der Waals surface area contributed by atoms with Crippen molar-refractivity contribution in [1.82, 2.24) is 24.6 Å². The number of aromatic amines is 1. The van der Waals surface area contributed by atoms with Crippen LogP contribution in [0.25, 0.3) is 27.9 Å². The molecule has 31 heavy (non-hydrogen) atoms. The molecule has 0 aliphatic carbocycles. The Morgan fingerprint density at radius 3 is 2.52 bits per heavy atom. The number of fused-ring (bicyclic) bond motifs is 2. The van der Waals surface area contributed by atoms with Gasteiger partial charge in [0.15, 0.2) is 23.0 Å². The second-order valence-corrected chi connectivity index (χ2v) is 6.76. The van der Waals surface area contributed by atoms with Crippen molar-refractivity contribution >= 4 is 28.2 Å². The van der Waals surface area contributed by atoms with E-state index in [0.29, 0.717) is 34.7 Å². The SMILES string of the molecule is COc1cc(-c2nccc3nc(Nc4cccc5[nH]ccc45)nn23)cc(OC)c1OC. The van der Waals surface area contributed by atoms with Crippen molar-refractivity contribution in [2.75, 3.05) is 26.6 Å². The standard InChI is InChI=1S/C22H20N6O3/c1-29-17-11-13(12-18(30-2)20(17)31-3)21-24-10-8-19-26-22(27-28(19)21)25-16-6-4-5-15-14(16)7-9-23-15/h4-12,23H,1-3H3,(H,25,27). The number of nitrogens with zero attached hydrogens (tertiary/aromatic N) is 4. The highest BCUT2D eigenvalue weighted by Crippen LogP contribution is 2.40. The van der Waals surface area contributed by atoms with Crippen molar-refractivity contribution in [3.63, 3.8) is 0 Å². The highest BCUT2D eigenvalue weighted by Gasteiger charge is 2.18. The number of nitrogens with one attached hydrogen (secondary N) is 2. The first-order valence-electron chi connectivity index (χ1n) is 9.57. The van der Waals surface area contributed by atoms with Crippen molar-refractivity contribution < 1.29 is 14.2 Å². The Balaban J connectivity index is 1.60. The molecule has 3 aromatic heterocycles. The summed E-state index contributed by atoms with van der Waals surface area (Å²) < 4.78 is 18.1. The molecule has 0 spiro atoms. The predicted molar refractivity (Wildman–Crippen MR) is 117 cm³/mol. The molecule has 0 aliphatic rings. The van der Waals surface area contributed by atoms with Gasteiger partial charge in [0.25, 0.3) is 0 Å². The minimum atomic E-state index is 0.468. The van der Waals surface area contributed by atoms with Gasteiger partial charge >= 0.3 is 0 Å². The van der Waals surface area contributed by atoms with Crippen LogP contribution in [-0.2, 0) is 0 Å². The van der Waals surface area contributed by atoms with Crippen molar-refractivity contribution in [3.8, 4) is 28.6 Å². The molecule has 0 atom stereocenters. The molecule has 9 heteroatoms. The summed E-state index contributed by atoms with van der Waals surface area (Å²) in [7, 11) is 4.72. The van der Waals surface area contributed by atoms with Gasteiger partial charge < -0.3 is 24.5 Å². The number of anilines is 2. The Bertz CT molecular complexity index is 1370. The normalized spacial score (nSPS) is 11.1. The Morgan fingerprint density at radius 1 is 0.968 bits per heavy atom. The zero-order valence-corrected chi connectivity index (χ0v) is 17.2. The van der Waals surface area contributed by atoms with Crippen molar-refractivity contribution in [3.05, 3.63) is 54.9 Å². The Morgan fingerprint density at radius 2 is 1.77 bits per heavy atom. The van der Waals surface area contributed by atoms with Crippen LogP contribution in [0.4, 0.5) is 11.6 Å². The number of ether oxygens (including phenoxy) is 3. The van der Waals surface area contributed by atoms with Crippen LogP contribution in [0.15, 0.2) is 54.9 Å². The van der Waals surface area contributed by atoms with E-state index in [0.717, 1.165) is 22.2 Å². The molecule has 5 rings (SSSR count). The van der Waals surface area contributed by atoms with E-state index in [-0.39, 0.29) is 0 Å². The summed E-state index contributed by atoms with van der Waals surface area (Å²) in [5, 5.41) is 9.00. The van der Waals surface area contributed by atoms with Gasteiger partial charge in [0.1, 0.15) is 0 Å². The molecule has 156 valence electrons. The summed E-state index contributed by atoms with van der Waals surface area (Å²) in [6.45, 7) is 0. The largest absolute Gasteiger partial charge is 0.493 e. The number of hydrogen-bond acceptors (Lipinski definition) is 7. The Hall–Kier alpha value is -4.27. The lowest BCUT2D eigenvalue weighted by atomic mass is 10.1. The fourth-order valence-corrected chi connectivity index (χ4v) is 3.59. The van der Waals surface area contributed by atoms with E-state index in [1.165, 1.54) is 0 Å². The molecule has 0 saturated carbocycles. The van der Waals surface area contributed by atoms with E-state index in [2.05, 4.69) is 25.4 Å². The van der Waals surface area contributed by atoms with E-state index in [1.807, 2.05) is 42.6 Å². The second kappa shape index (κ2) is 7.52. The molecule has 0 aliphatic heterocycles. The van der Waals surface area contributed by atoms with Crippen LogP contribution in [-0.4, -0.2) is 45.9 Å². The number of methoxy groups -OCH3 is 3. The number of H-pyrrole nitrogens is 1. The summed E-state index contributed by atoms with van der Waals surface area (Å²) in [5.74, 6) is 2.65. The topological polar surface area (TPSA) is 98.6 Å². The van der Waals surface area contributed by atoms with Crippen LogP contribution in [0.3, 0.4) is 0 Å². The third kappa shape index (κ3) is 3.16. The molecular formula is C22H20N6O3. The highest BCUT2D eigenvalue weighted by molar-refractivity contribution is 5.93. The van der Waals surface area contributed by atoms with Gasteiger partial charge in [-0.2, -0.15) is 9.50 Å². The van der Waals surface area contributed by atoms with Crippen LogP contribution < -0.4 is 19.5 Å². The van der Waals surface area contributed by atoms with Crippen LogP contribution in [0.1, 0.15) is 0 Å². The van der Waals surface area contributed by atoms with Gasteiger partial charge in [0, 0.05) is 34.9 Å². The number of benzene rings is 2. The number of aromatic nitrogens is 5. The van der Waals surface area contributed by atoms with Gasteiger partial charge in [0.2, 0.25) is 11.7 Å². The maximum Gasteiger partial charge on any atom is 0.247 e. The molecular weight excluding hydrogens is 396 g/mol. The smallest absolute Gasteiger partial charge is 0.247 e. The van der Waals surface area contributed by atoms with E-state index in [1.54, 1.807) is 38.1 Å². The molecule has 5 aromatic rings. The lowest BCUT2D eigenvalue weighted by molar-refractivity contribution is 0.324. The molecule has 3 heterocycles. The first-order valence-corrected chi connectivity index (χ1v) is 9.57. The van der Waals surface area contributed by atoms with Gasteiger partial charge in [-0.25, -0.2) is 4.98 Å². The van der Waals surface area contributed by atoms with Crippen molar-refractivity contribution in [2.24, 2.45) is 0 Å². The third-order valence-electron chi connectivity index (χ3n) is 5.02. The van der Waals surface area contributed by atoms with E-state index < -0.39 is 0 Å². The van der Waals surface area contributed by atoms with Gasteiger partial charge in [-0.3, -0.25) is 0 Å². The lowest BCUT2D eigenvalue weighted by Gasteiger charge is -2.14.